The topological polar surface area (TPSA) is 3.24 Å². The van der Waals surface area contributed by atoms with Gasteiger partial charge >= 0.3 is 0 Å². The maximum absolute atomic E-state index is 2.50. The van der Waals surface area contributed by atoms with Crippen molar-refractivity contribution in [3.63, 3.8) is 0 Å². The Bertz CT molecular complexity index is 2690. The van der Waals surface area contributed by atoms with Crippen LogP contribution >= 0.6 is 0 Å². The molecule has 0 aliphatic heterocycles. The van der Waals surface area contributed by atoms with Crippen molar-refractivity contribution >= 4 is 17.1 Å². The summed E-state index contributed by atoms with van der Waals surface area (Å²) >= 11 is 0. The Balaban J connectivity index is 1.18. The summed E-state index contributed by atoms with van der Waals surface area (Å²) in [6.07, 6.45) is 4.92. The molecule has 0 aromatic heterocycles. The molecule has 0 saturated heterocycles. The molecule has 0 amide bonds. The van der Waals surface area contributed by atoms with Crippen molar-refractivity contribution in [2.24, 2.45) is 0 Å². The number of aryl methyl sites for hydroxylation is 1. The fourth-order valence-corrected chi connectivity index (χ4v) is 9.49. The van der Waals surface area contributed by atoms with Crippen LogP contribution in [0.4, 0.5) is 17.1 Å². The van der Waals surface area contributed by atoms with Gasteiger partial charge in [0.25, 0.3) is 0 Å². The lowest BCUT2D eigenvalue weighted by Crippen LogP contribution is -2.17. The molecule has 0 fully saturated rings. The van der Waals surface area contributed by atoms with E-state index < -0.39 is 0 Å². The molecule has 0 saturated carbocycles. The van der Waals surface area contributed by atoms with Crippen molar-refractivity contribution in [2.45, 2.75) is 44.9 Å². The van der Waals surface area contributed by atoms with E-state index in [2.05, 4.69) is 207 Å². The minimum Gasteiger partial charge on any atom is -0.309 e. The van der Waals surface area contributed by atoms with Gasteiger partial charge in [0.15, 0.2) is 0 Å². The van der Waals surface area contributed by atoms with Gasteiger partial charge in [-0.05, 0) is 123 Å². The Morgan fingerprint density at radius 3 is 1.68 bits per heavy atom. The summed E-state index contributed by atoms with van der Waals surface area (Å²) in [5.74, 6) is 0. The largest absolute Gasteiger partial charge is 0.309 e. The summed E-state index contributed by atoms with van der Waals surface area (Å²) in [7, 11) is 0. The van der Waals surface area contributed by atoms with Crippen LogP contribution in [0.5, 0.6) is 0 Å². The summed E-state index contributed by atoms with van der Waals surface area (Å²) in [6, 6.07) is 69.7. The van der Waals surface area contributed by atoms with Crippen LogP contribution in [0.1, 0.15) is 48.9 Å². The average molecular weight is 720 g/mol. The van der Waals surface area contributed by atoms with Gasteiger partial charge in [-0.15, -0.1) is 0 Å². The molecule has 0 atom stereocenters. The van der Waals surface area contributed by atoms with Gasteiger partial charge in [0.05, 0.1) is 11.4 Å². The van der Waals surface area contributed by atoms with Crippen molar-refractivity contribution < 1.29 is 0 Å². The second kappa shape index (κ2) is 14.0. The number of fused-ring (bicyclic) bond motifs is 4. The van der Waals surface area contributed by atoms with Crippen molar-refractivity contribution in [3.8, 4) is 55.6 Å². The maximum Gasteiger partial charge on any atom is 0.0543 e. The third-order valence-electron chi connectivity index (χ3n) is 12.3. The van der Waals surface area contributed by atoms with Gasteiger partial charge in [-0.1, -0.05) is 172 Å². The number of hydrogen-bond donors (Lipinski definition) is 0. The molecule has 1 heteroatoms. The molecular weight excluding hydrogens is 675 g/mol. The minimum atomic E-state index is -0.201. The van der Waals surface area contributed by atoms with Gasteiger partial charge in [0, 0.05) is 22.2 Å². The van der Waals surface area contributed by atoms with E-state index in [0.717, 1.165) is 11.4 Å². The second-order valence-electron chi connectivity index (χ2n) is 15.9. The van der Waals surface area contributed by atoms with Crippen molar-refractivity contribution in [2.75, 3.05) is 4.90 Å². The molecule has 2 aliphatic rings. The van der Waals surface area contributed by atoms with E-state index in [1.54, 1.807) is 0 Å². The first-order valence-corrected chi connectivity index (χ1v) is 20.2. The average Bonchev–Trinajstić information content (AvgIpc) is 3.49. The zero-order valence-corrected chi connectivity index (χ0v) is 32.2. The van der Waals surface area contributed by atoms with Crippen molar-refractivity contribution in [1.82, 2.24) is 0 Å². The minimum absolute atomic E-state index is 0.201. The molecule has 8 aromatic carbocycles. The predicted molar refractivity (Wildman–Crippen MR) is 237 cm³/mol. The Hall–Kier alpha value is -6.44. The van der Waals surface area contributed by atoms with Crippen LogP contribution in [0.25, 0.3) is 55.6 Å². The molecule has 56 heavy (non-hydrogen) atoms. The fourth-order valence-electron chi connectivity index (χ4n) is 9.49. The predicted octanol–water partition coefficient (Wildman–Crippen LogP) is 15.0. The lowest BCUT2D eigenvalue weighted by molar-refractivity contribution is 0.660. The molecular formula is C55H45N. The number of nitrogens with zero attached hydrogens (tertiary/aromatic N) is 1. The normalized spacial score (nSPS) is 13.8. The van der Waals surface area contributed by atoms with Crippen LogP contribution in [0.2, 0.25) is 0 Å². The molecule has 0 radical (unpaired) electrons. The molecule has 0 unspecified atom stereocenters. The molecule has 10 rings (SSSR count). The van der Waals surface area contributed by atoms with E-state index in [4.69, 9.17) is 0 Å². The number of rotatable bonds is 7. The fraction of sp³-hybridized carbons (Fsp3) is 0.127. The first kappa shape index (κ1) is 34.1. The molecule has 0 bridgehead atoms. The highest BCUT2D eigenvalue weighted by molar-refractivity contribution is 6.00. The second-order valence-corrected chi connectivity index (χ2v) is 15.9. The molecule has 8 aromatic rings. The summed E-state index contributed by atoms with van der Waals surface area (Å²) in [6.45, 7) is 4.79. The Kier molecular flexibility index (Phi) is 8.52. The summed E-state index contributed by atoms with van der Waals surface area (Å²) in [4.78, 5) is 2.50. The number of hydrogen-bond acceptors (Lipinski definition) is 1. The van der Waals surface area contributed by atoms with Gasteiger partial charge in [-0.2, -0.15) is 0 Å². The number of benzene rings is 8. The zero-order valence-electron chi connectivity index (χ0n) is 32.2. The lowest BCUT2D eigenvalue weighted by atomic mass is 9.81. The van der Waals surface area contributed by atoms with Gasteiger partial charge < -0.3 is 4.90 Å². The summed E-state index contributed by atoms with van der Waals surface area (Å²) in [5, 5.41) is 0. The third kappa shape index (κ3) is 5.78. The van der Waals surface area contributed by atoms with E-state index in [0.29, 0.717) is 0 Å². The summed E-state index contributed by atoms with van der Waals surface area (Å²) < 4.78 is 0. The van der Waals surface area contributed by atoms with Crippen LogP contribution in [0, 0.1) is 0 Å². The van der Waals surface area contributed by atoms with Crippen LogP contribution in [-0.4, -0.2) is 0 Å². The zero-order chi connectivity index (χ0) is 37.6. The molecule has 0 N–H and O–H groups in total. The first-order chi connectivity index (χ1) is 27.6. The maximum atomic E-state index is 2.50. The SMILES string of the molecule is CC1(C)c2cc(N(c3ccccc3)c3ccccc3-c3ccc(-c4cccc5c4CCCC5)cc3)c(-c3ccccc3)cc2-c2c(-c3ccccc3)cccc21. The van der Waals surface area contributed by atoms with E-state index in [1.165, 1.54) is 109 Å². The number of para-hydroxylation sites is 2. The van der Waals surface area contributed by atoms with Gasteiger partial charge in [0.2, 0.25) is 0 Å². The highest BCUT2D eigenvalue weighted by atomic mass is 15.1. The molecule has 0 spiro atoms. The Labute approximate surface area is 331 Å². The smallest absolute Gasteiger partial charge is 0.0543 e. The van der Waals surface area contributed by atoms with Crippen LogP contribution in [0.3, 0.4) is 0 Å². The quantitative estimate of drug-likeness (QED) is 0.159. The van der Waals surface area contributed by atoms with E-state index in [1.807, 2.05) is 0 Å². The highest BCUT2D eigenvalue weighted by Gasteiger charge is 2.38. The van der Waals surface area contributed by atoms with Crippen molar-refractivity contribution in [1.29, 1.82) is 0 Å². The van der Waals surface area contributed by atoms with E-state index >= 15 is 0 Å². The molecule has 270 valence electrons. The van der Waals surface area contributed by atoms with Crippen LogP contribution < -0.4 is 4.90 Å². The van der Waals surface area contributed by atoms with Gasteiger partial charge in [0.1, 0.15) is 0 Å². The first-order valence-electron chi connectivity index (χ1n) is 20.2. The Morgan fingerprint density at radius 1 is 0.393 bits per heavy atom. The monoisotopic (exact) mass is 719 g/mol. The van der Waals surface area contributed by atoms with Gasteiger partial charge in [-0.3, -0.25) is 0 Å². The molecule has 0 heterocycles. The molecule has 2 aliphatic carbocycles. The number of anilines is 3. The summed E-state index contributed by atoms with van der Waals surface area (Å²) in [5.41, 5.74) is 21.7. The van der Waals surface area contributed by atoms with Gasteiger partial charge in [-0.25, -0.2) is 0 Å². The van der Waals surface area contributed by atoms with Crippen LogP contribution in [0.15, 0.2) is 188 Å². The standard InChI is InChI=1S/C55H45N/c1-55(2)50-30-17-29-47(39-18-6-3-7-19-39)54(50)49-36-48(40-20-8-4-9-21-40)53(37-51(49)55)56(43-24-10-5-11-25-43)52-31-15-14-27-46(52)42-34-32-41(33-35-42)45-28-16-23-38-22-12-13-26-44(38)45/h3-11,14-21,23-25,27-37H,12-13,22,26H2,1-2H3. The molecule has 1 nitrogen and oxygen atoms in total. The Morgan fingerprint density at radius 2 is 0.946 bits per heavy atom. The highest BCUT2D eigenvalue weighted by Crippen LogP contribution is 2.56. The van der Waals surface area contributed by atoms with E-state index in [9.17, 15) is 0 Å². The van der Waals surface area contributed by atoms with Crippen molar-refractivity contribution in [3.05, 3.63) is 210 Å². The lowest BCUT2D eigenvalue weighted by Gasteiger charge is -2.32. The van der Waals surface area contributed by atoms with Crippen LogP contribution in [-0.2, 0) is 18.3 Å². The van der Waals surface area contributed by atoms with E-state index in [-0.39, 0.29) is 5.41 Å². The third-order valence-corrected chi connectivity index (χ3v) is 12.3.